The number of hydrogen-bond acceptors (Lipinski definition) is 4. The van der Waals surface area contributed by atoms with E-state index in [1.807, 2.05) is 46.8 Å². The number of nitrogens with one attached hydrogen (secondary N) is 2. The van der Waals surface area contributed by atoms with Crippen molar-refractivity contribution in [1.82, 2.24) is 10.6 Å². The number of rotatable bonds is 8. The van der Waals surface area contributed by atoms with Crippen molar-refractivity contribution in [2.45, 2.75) is 66.0 Å². The molecule has 1 aliphatic heterocycles. The summed E-state index contributed by atoms with van der Waals surface area (Å²) in [6, 6.07) is 11.0. The van der Waals surface area contributed by atoms with Crippen LogP contribution in [0.15, 0.2) is 48.7 Å². The third-order valence-electron chi connectivity index (χ3n) is 5.21. The third-order valence-corrected chi connectivity index (χ3v) is 5.63. The average Bonchev–Trinajstić information content (AvgIpc) is 2.80. The lowest BCUT2D eigenvalue weighted by Gasteiger charge is -2.27. The zero-order valence-electron chi connectivity index (χ0n) is 20.7. The summed E-state index contributed by atoms with van der Waals surface area (Å²) in [5, 5.41) is 6.30. The van der Waals surface area contributed by atoms with E-state index in [1.54, 1.807) is 18.2 Å². The van der Waals surface area contributed by atoms with Crippen LogP contribution in [0.4, 0.5) is 0 Å². The molecule has 0 aliphatic carbocycles. The number of hydrogen-bond donors (Lipinski definition) is 2. The van der Waals surface area contributed by atoms with E-state index in [0.717, 1.165) is 23.3 Å². The fraction of sp³-hybridized carbons (Fsp3) is 0.407. The van der Waals surface area contributed by atoms with Crippen LogP contribution >= 0.6 is 11.6 Å². The van der Waals surface area contributed by atoms with E-state index in [4.69, 9.17) is 21.1 Å². The second-order valence-electron chi connectivity index (χ2n) is 8.22. The van der Waals surface area contributed by atoms with Crippen molar-refractivity contribution in [2.75, 3.05) is 6.61 Å². The Morgan fingerprint density at radius 3 is 2.65 bits per heavy atom. The number of halogens is 1. The molecule has 1 aliphatic rings. The summed E-state index contributed by atoms with van der Waals surface area (Å²) in [6.07, 6.45) is 1.32. The van der Waals surface area contributed by atoms with Crippen LogP contribution in [0.1, 0.15) is 50.3 Å². The predicted octanol–water partition coefficient (Wildman–Crippen LogP) is 5.28. The molecule has 6 nitrogen and oxygen atoms in total. The lowest BCUT2D eigenvalue weighted by atomic mass is 10.00. The number of amides is 2. The van der Waals surface area contributed by atoms with Gasteiger partial charge in [-0.3, -0.25) is 9.59 Å². The highest BCUT2D eigenvalue weighted by molar-refractivity contribution is 6.31. The van der Waals surface area contributed by atoms with Crippen molar-refractivity contribution >= 4 is 23.4 Å². The first-order valence-corrected chi connectivity index (χ1v) is 12.0. The maximum absolute atomic E-state index is 12.6. The highest BCUT2D eigenvalue weighted by Gasteiger charge is 2.27. The van der Waals surface area contributed by atoms with Crippen LogP contribution in [-0.4, -0.2) is 30.6 Å². The fourth-order valence-corrected chi connectivity index (χ4v) is 3.72. The quantitative estimate of drug-likeness (QED) is 0.532. The molecule has 184 valence electrons. The van der Waals surface area contributed by atoms with E-state index < -0.39 is 6.10 Å². The minimum Gasteiger partial charge on any atom is -0.484 e. The zero-order chi connectivity index (χ0) is 25.3. The summed E-state index contributed by atoms with van der Waals surface area (Å²) in [6.45, 7) is 13.5. The fourth-order valence-electron chi connectivity index (χ4n) is 3.60. The molecule has 0 radical (unpaired) electrons. The average molecular weight is 487 g/mol. The van der Waals surface area contributed by atoms with Gasteiger partial charge < -0.3 is 20.1 Å². The number of fused-ring (bicyclic) bond motifs is 1. The van der Waals surface area contributed by atoms with Crippen LogP contribution in [0, 0.1) is 13.8 Å². The maximum Gasteiger partial charge on any atom is 0.262 e. The Morgan fingerprint density at radius 1 is 1.21 bits per heavy atom. The molecular weight excluding hydrogens is 452 g/mol. The van der Waals surface area contributed by atoms with Gasteiger partial charge in [0.1, 0.15) is 11.5 Å². The minimum atomic E-state index is -0.522. The first kappa shape index (κ1) is 27.3. The molecule has 1 heterocycles. The molecule has 2 atom stereocenters. The molecule has 2 aromatic rings. The van der Waals surface area contributed by atoms with Gasteiger partial charge in [0.2, 0.25) is 0 Å². The summed E-state index contributed by atoms with van der Waals surface area (Å²) in [5.41, 5.74) is 3.69. The van der Waals surface area contributed by atoms with Gasteiger partial charge in [0.15, 0.2) is 12.7 Å². The summed E-state index contributed by atoms with van der Waals surface area (Å²) in [5.74, 6) is 0.854. The number of aryl methyl sites for hydroxylation is 3. The van der Waals surface area contributed by atoms with Crippen molar-refractivity contribution < 1.29 is 19.1 Å². The third kappa shape index (κ3) is 8.10. The van der Waals surface area contributed by atoms with Gasteiger partial charge in [0.05, 0.1) is 0 Å². The topological polar surface area (TPSA) is 76.7 Å². The predicted molar refractivity (Wildman–Crippen MR) is 136 cm³/mol. The van der Waals surface area contributed by atoms with Crippen molar-refractivity contribution in [3.63, 3.8) is 0 Å². The Labute approximate surface area is 207 Å². The summed E-state index contributed by atoms with van der Waals surface area (Å²) < 4.78 is 11.4. The van der Waals surface area contributed by atoms with Gasteiger partial charge in [-0.1, -0.05) is 49.7 Å². The molecule has 2 aromatic carbocycles. The summed E-state index contributed by atoms with van der Waals surface area (Å²) >= 11 is 5.99. The normalized spacial score (nSPS) is 14.9. The van der Waals surface area contributed by atoms with Crippen LogP contribution in [-0.2, 0) is 16.0 Å². The lowest BCUT2D eigenvalue weighted by Crippen LogP contribution is -2.44. The van der Waals surface area contributed by atoms with Gasteiger partial charge in [-0.05, 0) is 69.0 Å². The van der Waals surface area contributed by atoms with Gasteiger partial charge in [0.25, 0.3) is 11.8 Å². The Hall–Kier alpha value is -2.99. The van der Waals surface area contributed by atoms with Crippen LogP contribution in [0.3, 0.4) is 0 Å². The lowest BCUT2D eigenvalue weighted by molar-refractivity contribution is -0.129. The molecule has 0 bridgehead atoms. The van der Waals surface area contributed by atoms with Crippen molar-refractivity contribution in [2.24, 2.45) is 0 Å². The highest BCUT2D eigenvalue weighted by Crippen LogP contribution is 2.28. The molecule has 7 heteroatoms. The molecule has 2 N–H and O–H groups in total. The Balaban J connectivity index is 0.00000199. The molecule has 3 rings (SSSR count). The highest BCUT2D eigenvalue weighted by atomic mass is 35.5. The van der Waals surface area contributed by atoms with Crippen molar-refractivity contribution in [3.05, 3.63) is 70.4 Å². The second kappa shape index (κ2) is 13.0. The van der Waals surface area contributed by atoms with Crippen LogP contribution < -0.4 is 20.1 Å². The Morgan fingerprint density at radius 2 is 1.94 bits per heavy atom. The van der Waals surface area contributed by atoms with Gasteiger partial charge in [0, 0.05) is 23.2 Å². The van der Waals surface area contributed by atoms with Gasteiger partial charge in [-0.2, -0.15) is 0 Å². The smallest absolute Gasteiger partial charge is 0.262 e. The number of ether oxygens (including phenoxy) is 2. The number of benzene rings is 2. The second-order valence-corrected chi connectivity index (χ2v) is 8.63. The van der Waals surface area contributed by atoms with Crippen LogP contribution in [0.2, 0.25) is 5.02 Å². The minimum absolute atomic E-state index is 0.143. The molecule has 2 amide bonds. The van der Waals surface area contributed by atoms with Gasteiger partial charge in [-0.15, -0.1) is 0 Å². The number of carbonyl (C=O) groups is 2. The van der Waals surface area contributed by atoms with E-state index in [9.17, 15) is 9.59 Å². The monoisotopic (exact) mass is 486 g/mol. The van der Waals surface area contributed by atoms with Gasteiger partial charge in [-0.25, -0.2) is 0 Å². The van der Waals surface area contributed by atoms with E-state index in [1.165, 1.54) is 5.56 Å². The zero-order valence-corrected chi connectivity index (χ0v) is 21.4. The Kier molecular flexibility index (Phi) is 10.5. The van der Waals surface area contributed by atoms with E-state index in [2.05, 4.69) is 23.3 Å². The first-order valence-electron chi connectivity index (χ1n) is 11.6. The molecule has 0 spiro atoms. The van der Waals surface area contributed by atoms with E-state index >= 15 is 0 Å². The number of carbonyl (C=O) groups excluding carboxylic acids is 2. The molecule has 0 fully saturated rings. The molecule has 0 saturated carbocycles. The van der Waals surface area contributed by atoms with Gasteiger partial charge >= 0.3 is 0 Å². The molecule has 2 unspecified atom stereocenters. The molecular formula is C27H35ClN2O4. The summed E-state index contributed by atoms with van der Waals surface area (Å²) in [4.78, 5) is 24.8. The summed E-state index contributed by atoms with van der Waals surface area (Å²) in [7, 11) is 0. The van der Waals surface area contributed by atoms with Crippen molar-refractivity contribution in [1.29, 1.82) is 0 Å². The molecule has 0 aromatic heterocycles. The van der Waals surface area contributed by atoms with E-state index in [0.29, 0.717) is 29.3 Å². The first-order chi connectivity index (χ1) is 16.2. The molecule has 0 saturated heterocycles. The van der Waals surface area contributed by atoms with Crippen LogP contribution in [0.25, 0.3) is 0 Å². The maximum atomic E-state index is 12.6. The SMILES string of the molecule is C=C(CC(C)NC(=O)C1CCc2cc(C)ccc2O1)NC(=O)COc1ccc(Cl)c(C)c1.CC. The molecule has 34 heavy (non-hydrogen) atoms. The van der Waals surface area contributed by atoms with Crippen molar-refractivity contribution in [3.8, 4) is 11.5 Å². The van der Waals surface area contributed by atoms with Crippen LogP contribution in [0.5, 0.6) is 11.5 Å². The largest absolute Gasteiger partial charge is 0.484 e. The standard InChI is InChI=1S/C25H29ClN2O4.C2H6/c1-15-5-9-22-19(11-15)6-10-23(32-22)25(30)28-18(4)13-17(3)27-24(29)14-31-20-7-8-21(26)16(2)12-20;1-2/h5,7-9,11-12,18,23H,3,6,10,13-14H2,1-2,4H3,(H,27,29)(H,28,30);1-2H3. The Bertz CT molecular complexity index is 1020. The van der Waals surface area contributed by atoms with E-state index in [-0.39, 0.29) is 24.5 Å².